The summed E-state index contributed by atoms with van der Waals surface area (Å²) in [6.07, 6.45) is 2.04. The lowest BCUT2D eigenvalue weighted by molar-refractivity contribution is 0.174. The number of aromatic nitrogens is 3. The summed E-state index contributed by atoms with van der Waals surface area (Å²) in [5.41, 5.74) is -0.996. The monoisotopic (exact) mass is 478 g/mol. The molecule has 0 saturated heterocycles. The summed E-state index contributed by atoms with van der Waals surface area (Å²) >= 11 is 0. The van der Waals surface area contributed by atoms with E-state index in [1.807, 2.05) is 0 Å². The number of nitrogens with zero attached hydrogens (tertiary/aromatic N) is 3. The van der Waals surface area contributed by atoms with Gasteiger partial charge in [0.05, 0.1) is 5.56 Å². The molecule has 0 bridgehead atoms. The molecule has 0 aromatic carbocycles. The van der Waals surface area contributed by atoms with Gasteiger partial charge < -0.3 is 10.4 Å². The number of amides is 1. The predicted octanol–water partition coefficient (Wildman–Crippen LogP) is 3.99. The van der Waals surface area contributed by atoms with Crippen LogP contribution in [0.2, 0.25) is 0 Å². The van der Waals surface area contributed by atoms with Crippen LogP contribution in [0.4, 0.5) is 13.6 Å². The standard InChI is InChI=1S/C22H24F2N4O4S/c1-13-7-9-25-17(10-13)33(31,32)28-12-14(11-16(22(2,3)4)27-21(29)30)18(23)19(28)15-6-5-8-26-20(15)24/h5-10,12,16,27H,11H2,1-4H3,(H,29,30). The zero-order valence-electron chi connectivity index (χ0n) is 18.5. The second-order valence-corrected chi connectivity index (χ2v) is 10.5. The van der Waals surface area contributed by atoms with Gasteiger partial charge in [-0.25, -0.2) is 23.1 Å². The van der Waals surface area contributed by atoms with Crippen molar-refractivity contribution in [2.45, 2.75) is 45.2 Å². The summed E-state index contributed by atoms with van der Waals surface area (Å²) in [6, 6.07) is 4.74. The second-order valence-electron chi connectivity index (χ2n) is 8.70. The SMILES string of the molecule is Cc1ccnc(S(=O)(=O)n2cc(CC(NC(=O)O)C(C)(C)C)c(F)c2-c2cccnc2F)c1. The molecule has 0 fully saturated rings. The van der Waals surface area contributed by atoms with Gasteiger partial charge in [0.1, 0.15) is 5.69 Å². The van der Waals surface area contributed by atoms with Crippen LogP contribution in [0.15, 0.2) is 47.9 Å². The van der Waals surface area contributed by atoms with Crippen LogP contribution < -0.4 is 5.32 Å². The van der Waals surface area contributed by atoms with Crippen LogP contribution in [-0.4, -0.2) is 39.6 Å². The van der Waals surface area contributed by atoms with Gasteiger partial charge in [0, 0.05) is 30.2 Å². The molecular formula is C22H24F2N4O4S. The first-order chi connectivity index (χ1) is 15.3. The summed E-state index contributed by atoms with van der Waals surface area (Å²) in [5.74, 6) is -2.04. The lowest BCUT2D eigenvalue weighted by atomic mass is 9.83. The summed E-state index contributed by atoms with van der Waals surface area (Å²) in [5, 5.41) is 11.2. The maximum Gasteiger partial charge on any atom is 0.404 e. The predicted molar refractivity (Wildman–Crippen MR) is 117 cm³/mol. The van der Waals surface area contributed by atoms with E-state index >= 15 is 4.39 Å². The second kappa shape index (κ2) is 8.89. The molecule has 0 radical (unpaired) electrons. The average molecular weight is 479 g/mol. The van der Waals surface area contributed by atoms with Crippen LogP contribution in [0.3, 0.4) is 0 Å². The van der Waals surface area contributed by atoms with E-state index in [1.54, 1.807) is 33.8 Å². The normalized spacial score (nSPS) is 13.0. The van der Waals surface area contributed by atoms with E-state index in [2.05, 4.69) is 15.3 Å². The Balaban J connectivity index is 2.25. The molecule has 33 heavy (non-hydrogen) atoms. The van der Waals surface area contributed by atoms with E-state index in [-0.39, 0.29) is 22.6 Å². The maximum atomic E-state index is 15.7. The van der Waals surface area contributed by atoms with Crippen molar-refractivity contribution in [3.8, 4) is 11.3 Å². The Bertz CT molecular complexity index is 1300. The van der Waals surface area contributed by atoms with Gasteiger partial charge in [-0.2, -0.15) is 12.8 Å². The number of nitrogens with one attached hydrogen (secondary N) is 1. The number of carbonyl (C=O) groups is 1. The minimum atomic E-state index is -4.42. The van der Waals surface area contributed by atoms with Crippen molar-refractivity contribution in [1.82, 2.24) is 19.3 Å². The number of pyridine rings is 2. The summed E-state index contributed by atoms with van der Waals surface area (Å²) in [7, 11) is -4.42. The highest BCUT2D eigenvalue weighted by Gasteiger charge is 2.33. The van der Waals surface area contributed by atoms with E-state index < -0.39 is 45.0 Å². The van der Waals surface area contributed by atoms with Gasteiger partial charge in [-0.1, -0.05) is 20.8 Å². The number of rotatable bonds is 6. The van der Waals surface area contributed by atoms with Crippen LogP contribution in [0.1, 0.15) is 31.9 Å². The van der Waals surface area contributed by atoms with Crippen molar-refractivity contribution < 1.29 is 27.1 Å². The Morgan fingerprint density at radius 3 is 2.48 bits per heavy atom. The molecule has 3 rings (SSSR count). The number of aryl methyl sites for hydroxylation is 1. The maximum absolute atomic E-state index is 15.7. The lowest BCUT2D eigenvalue weighted by Gasteiger charge is -2.30. The number of hydrogen-bond acceptors (Lipinski definition) is 5. The number of halogens is 2. The van der Waals surface area contributed by atoms with Crippen LogP contribution in [-0.2, 0) is 16.4 Å². The molecule has 8 nitrogen and oxygen atoms in total. The van der Waals surface area contributed by atoms with Gasteiger partial charge in [-0.15, -0.1) is 0 Å². The molecule has 3 aromatic rings. The smallest absolute Gasteiger partial charge is 0.404 e. The Kier molecular flexibility index (Phi) is 6.55. The van der Waals surface area contributed by atoms with Gasteiger partial charge in [-0.3, -0.25) is 0 Å². The number of hydrogen-bond donors (Lipinski definition) is 2. The first-order valence-electron chi connectivity index (χ1n) is 10.0. The zero-order chi connectivity index (χ0) is 24.6. The van der Waals surface area contributed by atoms with E-state index in [9.17, 15) is 22.7 Å². The average Bonchev–Trinajstić information content (AvgIpc) is 3.04. The molecule has 2 N–H and O–H groups in total. The van der Waals surface area contributed by atoms with Crippen molar-refractivity contribution in [3.63, 3.8) is 0 Å². The van der Waals surface area contributed by atoms with Crippen molar-refractivity contribution in [2.24, 2.45) is 5.41 Å². The van der Waals surface area contributed by atoms with Crippen LogP contribution in [0, 0.1) is 24.1 Å². The molecule has 176 valence electrons. The topological polar surface area (TPSA) is 114 Å². The Morgan fingerprint density at radius 2 is 1.91 bits per heavy atom. The molecule has 0 saturated carbocycles. The summed E-state index contributed by atoms with van der Waals surface area (Å²) in [6.45, 7) is 6.96. The van der Waals surface area contributed by atoms with Gasteiger partial charge in [0.25, 0.3) is 10.0 Å². The molecule has 3 heterocycles. The third kappa shape index (κ3) is 5.03. The van der Waals surface area contributed by atoms with Crippen molar-refractivity contribution in [3.05, 3.63) is 65.7 Å². The first kappa shape index (κ1) is 24.3. The van der Waals surface area contributed by atoms with E-state index in [4.69, 9.17) is 0 Å². The van der Waals surface area contributed by atoms with E-state index in [1.165, 1.54) is 24.4 Å². The summed E-state index contributed by atoms with van der Waals surface area (Å²) < 4.78 is 57.7. The number of carboxylic acid groups (broad SMARTS) is 1. The third-order valence-electron chi connectivity index (χ3n) is 5.18. The molecule has 0 spiro atoms. The largest absolute Gasteiger partial charge is 0.465 e. The molecule has 1 amide bonds. The Morgan fingerprint density at radius 1 is 1.21 bits per heavy atom. The fourth-order valence-electron chi connectivity index (χ4n) is 3.34. The third-order valence-corrected chi connectivity index (χ3v) is 6.74. The zero-order valence-corrected chi connectivity index (χ0v) is 19.3. The molecule has 0 aliphatic heterocycles. The van der Waals surface area contributed by atoms with Crippen molar-refractivity contribution >= 4 is 16.1 Å². The molecule has 11 heteroatoms. The van der Waals surface area contributed by atoms with Crippen molar-refractivity contribution in [2.75, 3.05) is 0 Å². The van der Waals surface area contributed by atoms with Gasteiger partial charge >= 0.3 is 6.09 Å². The van der Waals surface area contributed by atoms with E-state index in [0.29, 0.717) is 9.54 Å². The van der Waals surface area contributed by atoms with E-state index in [0.717, 1.165) is 12.4 Å². The lowest BCUT2D eigenvalue weighted by Crippen LogP contribution is -2.44. The molecule has 0 aliphatic carbocycles. The summed E-state index contributed by atoms with van der Waals surface area (Å²) in [4.78, 5) is 18.7. The molecule has 0 aliphatic rings. The highest BCUT2D eigenvalue weighted by molar-refractivity contribution is 7.90. The fraction of sp³-hybridized carbons (Fsp3) is 0.318. The molecular weight excluding hydrogens is 454 g/mol. The fourth-order valence-corrected chi connectivity index (χ4v) is 4.75. The minimum Gasteiger partial charge on any atom is -0.465 e. The highest BCUT2D eigenvalue weighted by atomic mass is 32.2. The molecule has 1 unspecified atom stereocenters. The Labute approximate surface area is 190 Å². The Hall–Kier alpha value is -3.34. The van der Waals surface area contributed by atoms with Gasteiger partial charge in [-0.05, 0) is 48.6 Å². The minimum absolute atomic E-state index is 0.0989. The van der Waals surface area contributed by atoms with Crippen LogP contribution in [0.5, 0.6) is 0 Å². The van der Waals surface area contributed by atoms with Gasteiger partial charge in [0.15, 0.2) is 10.8 Å². The van der Waals surface area contributed by atoms with Crippen molar-refractivity contribution in [1.29, 1.82) is 0 Å². The highest BCUT2D eigenvalue weighted by Crippen LogP contribution is 2.33. The van der Waals surface area contributed by atoms with Crippen LogP contribution in [0.25, 0.3) is 11.3 Å². The first-order valence-corrected chi connectivity index (χ1v) is 11.4. The van der Waals surface area contributed by atoms with Crippen LogP contribution >= 0.6 is 0 Å². The quantitative estimate of drug-likeness (QED) is 0.518. The molecule has 3 aromatic heterocycles. The molecule has 1 atom stereocenters. The van der Waals surface area contributed by atoms with Gasteiger partial charge in [0.2, 0.25) is 5.95 Å².